The van der Waals surface area contributed by atoms with Crippen LogP contribution in [0.5, 0.6) is 0 Å². The zero-order chi connectivity index (χ0) is 18.2. The van der Waals surface area contributed by atoms with Gasteiger partial charge in [0.1, 0.15) is 0 Å². The molecule has 2 rings (SSSR count). The van der Waals surface area contributed by atoms with Gasteiger partial charge in [0.25, 0.3) is 0 Å². The number of nitrogens with one attached hydrogen (secondary N) is 1. The summed E-state index contributed by atoms with van der Waals surface area (Å²) in [5.74, 6) is 0.295. The summed E-state index contributed by atoms with van der Waals surface area (Å²) in [6, 6.07) is 8.02. The van der Waals surface area contributed by atoms with Crippen LogP contribution in [0.25, 0.3) is 0 Å². The molecule has 25 heavy (non-hydrogen) atoms. The standard InChI is InChI=1S/C19H28BrN3O2/c1-3-22(4-2)18(24)16-10-13-23(14-11-16)19(25)21-12-9-15-7-5-6-8-17(15)20/h5-8,16H,3-4,9-14H2,1-2H3,(H,21,25). The van der Waals surface area contributed by atoms with E-state index in [4.69, 9.17) is 0 Å². The summed E-state index contributed by atoms with van der Waals surface area (Å²) in [6.07, 6.45) is 2.31. The molecule has 0 atom stereocenters. The number of benzene rings is 1. The van der Waals surface area contributed by atoms with Crippen LogP contribution in [-0.4, -0.2) is 54.5 Å². The third kappa shape index (κ3) is 5.46. The number of hydrogen-bond donors (Lipinski definition) is 1. The Morgan fingerprint density at radius 1 is 1.20 bits per heavy atom. The van der Waals surface area contributed by atoms with Crippen LogP contribution in [0, 0.1) is 5.92 Å². The highest BCUT2D eigenvalue weighted by molar-refractivity contribution is 9.10. The molecular formula is C19H28BrN3O2. The summed E-state index contributed by atoms with van der Waals surface area (Å²) >= 11 is 3.52. The molecule has 1 aromatic rings. The van der Waals surface area contributed by atoms with E-state index in [-0.39, 0.29) is 17.9 Å². The normalized spacial score (nSPS) is 15.1. The van der Waals surface area contributed by atoms with E-state index in [9.17, 15) is 9.59 Å². The highest BCUT2D eigenvalue weighted by Crippen LogP contribution is 2.20. The average Bonchev–Trinajstić information content (AvgIpc) is 2.64. The topological polar surface area (TPSA) is 52.7 Å². The number of amides is 3. The lowest BCUT2D eigenvalue weighted by molar-refractivity contribution is -0.136. The number of carbonyl (C=O) groups is 2. The molecule has 1 aromatic carbocycles. The first-order valence-electron chi connectivity index (χ1n) is 9.11. The summed E-state index contributed by atoms with van der Waals surface area (Å²) in [5, 5.41) is 2.99. The van der Waals surface area contributed by atoms with Gasteiger partial charge in [0, 0.05) is 43.1 Å². The third-order valence-electron chi connectivity index (χ3n) is 4.83. The molecule has 0 aliphatic carbocycles. The maximum atomic E-state index is 12.4. The number of likely N-dealkylation sites (tertiary alicyclic amines) is 1. The molecule has 0 spiro atoms. The number of hydrogen-bond acceptors (Lipinski definition) is 2. The van der Waals surface area contributed by atoms with Gasteiger partial charge in [0.05, 0.1) is 0 Å². The third-order valence-corrected chi connectivity index (χ3v) is 5.61. The van der Waals surface area contributed by atoms with Crippen LogP contribution in [-0.2, 0) is 11.2 Å². The zero-order valence-electron chi connectivity index (χ0n) is 15.1. The van der Waals surface area contributed by atoms with Gasteiger partial charge in [-0.2, -0.15) is 0 Å². The van der Waals surface area contributed by atoms with Crippen molar-refractivity contribution in [2.45, 2.75) is 33.1 Å². The summed E-state index contributed by atoms with van der Waals surface area (Å²) in [7, 11) is 0. The second-order valence-electron chi connectivity index (χ2n) is 6.35. The van der Waals surface area contributed by atoms with Gasteiger partial charge in [-0.3, -0.25) is 4.79 Å². The molecule has 1 aliphatic rings. The van der Waals surface area contributed by atoms with Crippen LogP contribution in [0.3, 0.4) is 0 Å². The molecule has 3 amide bonds. The first kappa shape index (κ1) is 19.8. The van der Waals surface area contributed by atoms with Gasteiger partial charge >= 0.3 is 6.03 Å². The molecule has 138 valence electrons. The maximum absolute atomic E-state index is 12.4. The smallest absolute Gasteiger partial charge is 0.317 e. The molecule has 0 unspecified atom stereocenters. The van der Waals surface area contributed by atoms with E-state index in [0.717, 1.165) is 36.8 Å². The van der Waals surface area contributed by atoms with Crippen LogP contribution < -0.4 is 5.32 Å². The fourth-order valence-corrected chi connectivity index (χ4v) is 3.72. The Kier molecular flexibility index (Phi) is 7.75. The van der Waals surface area contributed by atoms with E-state index < -0.39 is 0 Å². The molecule has 0 radical (unpaired) electrons. The van der Waals surface area contributed by atoms with E-state index in [0.29, 0.717) is 19.6 Å². The van der Waals surface area contributed by atoms with Gasteiger partial charge < -0.3 is 15.1 Å². The molecule has 1 heterocycles. The highest BCUT2D eigenvalue weighted by atomic mass is 79.9. The lowest BCUT2D eigenvalue weighted by atomic mass is 9.95. The number of piperidine rings is 1. The second kappa shape index (κ2) is 9.80. The SMILES string of the molecule is CCN(CC)C(=O)C1CCN(C(=O)NCCc2ccccc2Br)CC1. The van der Waals surface area contributed by atoms with E-state index in [2.05, 4.69) is 27.3 Å². The van der Waals surface area contributed by atoms with Crippen LogP contribution in [0.4, 0.5) is 4.79 Å². The number of rotatable bonds is 6. The maximum Gasteiger partial charge on any atom is 0.317 e. The van der Waals surface area contributed by atoms with Gasteiger partial charge in [-0.15, -0.1) is 0 Å². The van der Waals surface area contributed by atoms with Crippen LogP contribution in [0.15, 0.2) is 28.7 Å². The van der Waals surface area contributed by atoms with Gasteiger partial charge in [0.15, 0.2) is 0 Å². The summed E-state index contributed by atoms with van der Waals surface area (Å²) < 4.78 is 1.07. The van der Waals surface area contributed by atoms with Crippen molar-refractivity contribution in [3.05, 3.63) is 34.3 Å². The minimum absolute atomic E-state index is 0.0270. The van der Waals surface area contributed by atoms with Crippen LogP contribution in [0.2, 0.25) is 0 Å². The lowest BCUT2D eigenvalue weighted by Crippen LogP contribution is -2.47. The highest BCUT2D eigenvalue weighted by Gasteiger charge is 2.29. The Hall–Kier alpha value is -1.56. The Balaban J connectivity index is 1.74. The first-order chi connectivity index (χ1) is 12.1. The molecule has 0 saturated carbocycles. The predicted octanol–water partition coefficient (Wildman–Crippen LogP) is 3.28. The fourth-order valence-electron chi connectivity index (χ4n) is 3.24. The lowest BCUT2D eigenvalue weighted by Gasteiger charge is -2.33. The molecule has 5 nitrogen and oxygen atoms in total. The van der Waals surface area contributed by atoms with Crippen molar-refractivity contribution in [1.29, 1.82) is 0 Å². The Morgan fingerprint density at radius 2 is 1.84 bits per heavy atom. The van der Waals surface area contributed by atoms with Gasteiger partial charge in [-0.25, -0.2) is 4.79 Å². The van der Waals surface area contributed by atoms with Gasteiger partial charge in [-0.1, -0.05) is 34.1 Å². The minimum Gasteiger partial charge on any atom is -0.343 e. The first-order valence-corrected chi connectivity index (χ1v) is 9.91. The number of carbonyl (C=O) groups excluding carboxylic acids is 2. The molecule has 1 fully saturated rings. The number of nitrogens with zero attached hydrogens (tertiary/aromatic N) is 2. The average molecular weight is 410 g/mol. The summed E-state index contributed by atoms with van der Waals surface area (Å²) in [6.45, 7) is 7.44. The Morgan fingerprint density at radius 3 is 2.44 bits per heavy atom. The van der Waals surface area contributed by atoms with E-state index in [1.165, 1.54) is 5.56 Å². The zero-order valence-corrected chi connectivity index (χ0v) is 16.7. The van der Waals surface area contributed by atoms with E-state index in [1.54, 1.807) is 0 Å². The number of halogens is 1. The van der Waals surface area contributed by atoms with Gasteiger partial charge in [-0.05, 0) is 44.7 Å². The minimum atomic E-state index is -0.0270. The molecular weight excluding hydrogens is 382 g/mol. The quantitative estimate of drug-likeness (QED) is 0.783. The van der Waals surface area contributed by atoms with E-state index in [1.807, 2.05) is 41.8 Å². The van der Waals surface area contributed by atoms with E-state index >= 15 is 0 Å². The van der Waals surface area contributed by atoms with Crippen molar-refractivity contribution in [1.82, 2.24) is 15.1 Å². The van der Waals surface area contributed by atoms with Gasteiger partial charge in [0.2, 0.25) is 5.91 Å². The molecule has 1 aliphatic heterocycles. The van der Waals surface area contributed by atoms with Crippen molar-refractivity contribution < 1.29 is 9.59 Å². The number of urea groups is 1. The predicted molar refractivity (Wildman–Crippen MR) is 103 cm³/mol. The van der Waals surface area contributed by atoms with Crippen molar-refractivity contribution in [2.24, 2.45) is 5.92 Å². The van der Waals surface area contributed by atoms with Crippen molar-refractivity contribution in [2.75, 3.05) is 32.7 Å². The monoisotopic (exact) mass is 409 g/mol. The van der Waals surface area contributed by atoms with Crippen molar-refractivity contribution in [3.8, 4) is 0 Å². The fraction of sp³-hybridized carbons (Fsp3) is 0.579. The second-order valence-corrected chi connectivity index (χ2v) is 7.20. The molecule has 0 aromatic heterocycles. The largest absolute Gasteiger partial charge is 0.343 e. The molecule has 1 saturated heterocycles. The molecule has 6 heteroatoms. The molecule has 1 N–H and O–H groups in total. The Labute approximate surface area is 158 Å². The summed E-state index contributed by atoms with van der Waals surface area (Å²) in [4.78, 5) is 28.4. The van der Waals surface area contributed by atoms with Crippen LogP contribution in [0.1, 0.15) is 32.3 Å². The summed E-state index contributed by atoms with van der Waals surface area (Å²) in [5.41, 5.74) is 1.19. The van der Waals surface area contributed by atoms with Crippen molar-refractivity contribution in [3.63, 3.8) is 0 Å². The van der Waals surface area contributed by atoms with Crippen molar-refractivity contribution >= 4 is 27.9 Å². The van der Waals surface area contributed by atoms with Crippen LogP contribution >= 0.6 is 15.9 Å². The Bertz CT molecular complexity index is 582. The molecule has 0 bridgehead atoms.